The van der Waals surface area contributed by atoms with Crippen molar-refractivity contribution in [1.29, 1.82) is 5.26 Å². The summed E-state index contributed by atoms with van der Waals surface area (Å²) < 4.78 is 22.4. The molecule has 5 atom stereocenters. The molecule has 1 amide bonds. The number of halogens is 1. The van der Waals surface area contributed by atoms with Gasteiger partial charge in [0.05, 0.1) is 36.2 Å². The van der Waals surface area contributed by atoms with E-state index in [2.05, 4.69) is 21.4 Å². The van der Waals surface area contributed by atoms with E-state index in [0.29, 0.717) is 41.6 Å². The van der Waals surface area contributed by atoms with E-state index in [9.17, 15) is 10.1 Å². The minimum Gasteiger partial charge on any atom is -0.442 e. The number of ether oxygens (including phenoxy) is 1. The Labute approximate surface area is 198 Å². The minimum absolute atomic E-state index is 0.218. The first-order chi connectivity index (χ1) is 16.6. The van der Waals surface area contributed by atoms with Gasteiger partial charge in [0.25, 0.3) is 0 Å². The van der Waals surface area contributed by atoms with Gasteiger partial charge in [0.15, 0.2) is 0 Å². The van der Waals surface area contributed by atoms with Gasteiger partial charge in [0.1, 0.15) is 17.3 Å². The lowest BCUT2D eigenvalue weighted by molar-refractivity contribution is 0.117. The Bertz CT molecular complexity index is 1350. The molecule has 34 heavy (non-hydrogen) atoms. The summed E-state index contributed by atoms with van der Waals surface area (Å²) in [5.74, 6) is 2.32. The quantitative estimate of drug-likeness (QED) is 0.573. The SMILES string of the molecule is N#C[C@]1(c2ccc(-c3cc4c(cc3F)N3C(=O)O[C@@H](Cn5ccnn5)[C@@H]3C4)cn2)[C@@H]2CSC[C@@H]21. The van der Waals surface area contributed by atoms with Gasteiger partial charge in [0, 0.05) is 23.5 Å². The van der Waals surface area contributed by atoms with Crippen molar-refractivity contribution in [2.45, 2.75) is 30.5 Å². The third kappa shape index (κ3) is 2.64. The summed E-state index contributed by atoms with van der Waals surface area (Å²) in [6.45, 7) is 0.392. The van der Waals surface area contributed by atoms with Crippen LogP contribution >= 0.6 is 11.8 Å². The summed E-state index contributed by atoms with van der Waals surface area (Å²) in [7, 11) is 0. The maximum Gasteiger partial charge on any atom is 0.415 e. The first kappa shape index (κ1) is 20.0. The zero-order valence-electron chi connectivity index (χ0n) is 18.0. The lowest BCUT2D eigenvalue weighted by atomic mass is 9.96. The molecule has 0 unspecified atom stereocenters. The van der Waals surface area contributed by atoms with E-state index >= 15 is 4.39 Å². The average Bonchev–Trinajstić information content (AvgIpc) is 3.45. The number of rotatable bonds is 4. The van der Waals surface area contributed by atoms with E-state index in [1.54, 1.807) is 28.2 Å². The smallest absolute Gasteiger partial charge is 0.415 e. The molecule has 2 aromatic heterocycles. The van der Waals surface area contributed by atoms with Crippen molar-refractivity contribution in [3.05, 3.63) is 59.9 Å². The van der Waals surface area contributed by atoms with Crippen LogP contribution in [0.5, 0.6) is 0 Å². The fourth-order valence-electron chi connectivity index (χ4n) is 5.94. The number of aromatic nitrogens is 4. The number of nitriles is 1. The Balaban J connectivity index is 1.18. The summed E-state index contributed by atoms with van der Waals surface area (Å²) >= 11 is 1.89. The molecule has 8 nitrogen and oxygen atoms in total. The zero-order valence-corrected chi connectivity index (χ0v) is 18.8. The molecule has 3 fully saturated rings. The predicted octanol–water partition coefficient (Wildman–Crippen LogP) is 3.18. The number of cyclic esters (lactones) is 1. The Hall–Kier alpha value is -3.45. The Kier molecular flexibility index (Phi) is 4.13. The lowest BCUT2D eigenvalue weighted by Gasteiger charge is -2.16. The fraction of sp³-hybridized carbons (Fsp3) is 0.375. The third-order valence-electron chi connectivity index (χ3n) is 7.73. The van der Waals surface area contributed by atoms with Gasteiger partial charge in [-0.3, -0.25) is 9.88 Å². The molecular formula is C24H19FN6O2S. The second-order valence-corrected chi connectivity index (χ2v) is 10.4. The number of benzene rings is 1. The summed E-state index contributed by atoms with van der Waals surface area (Å²) in [6, 6.07) is 9.24. The molecule has 0 radical (unpaired) electrons. The normalized spacial score (nSPS) is 30.5. The van der Waals surface area contributed by atoms with Crippen LogP contribution in [-0.2, 0) is 23.1 Å². The topological polar surface area (TPSA) is 96.9 Å². The number of amides is 1. The number of thioether (sulfide) groups is 1. The number of anilines is 1. The summed E-state index contributed by atoms with van der Waals surface area (Å²) in [4.78, 5) is 18.7. The highest BCUT2D eigenvalue weighted by atomic mass is 32.2. The molecule has 3 aliphatic heterocycles. The molecule has 0 bridgehead atoms. The van der Waals surface area contributed by atoms with E-state index in [1.807, 2.05) is 30.0 Å². The molecule has 1 aliphatic carbocycles. The molecule has 1 aromatic carbocycles. The van der Waals surface area contributed by atoms with E-state index in [1.165, 1.54) is 6.07 Å². The molecular weight excluding hydrogens is 455 g/mol. The molecule has 0 spiro atoms. The monoisotopic (exact) mass is 474 g/mol. The first-order valence-electron chi connectivity index (χ1n) is 11.2. The van der Waals surface area contributed by atoms with E-state index < -0.39 is 23.4 Å². The summed E-state index contributed by atoms with van der Waals surface area (Å²) in [5, 5.41) is 17.6. The van der Waals surface area contributed by atoms with Gasteiger partial charge >= 0.3 is 6.09 Å². The summed E-state index contributed by atoms with van der Waals surface area (Å²) in [5.41, 5.74) is 2.85. The number of fused-ring (bicyclic) bond motifs is 4. The Morgan fingerprint density at radius 3 is 2.85 bits per heavy atom. The highest BCUT2D eigenvalue weighted by molar-refractivity contribution is 7.99. The van der Waals surface area contributed by atoms with Gasteiger partial charge in [-0.05, 0) is 53.5 Å². The van der Waals surface area contributed by atoms with Crippen molar-refractivity contribution in [2.24, 2.45) is 11.8 Å². The maximum atomic E-state index is 15.2. The zero-order chi connectivity index (χ0) is 23.0. The Morgan fingerprint density at radius 1 is 1.29 bits per heavy atom. The molecule has 7 rings (SSSR count). The van der Waals surface area contributed by atoms with Crippen LogP contribution < -0.4 is 4.90 Å². The van der Waals surface area contributed by atoms with E-state index in [0.717, 1.165) is 22.8 Å². The third-order valence-corrected chi connectivity index (χ3v) is 8.92. The summed E-state index contributed by atoms with van der Waals surface area (Å²) in [6.07, 6.45) is 4.66. The number of nitrogens with zero attached hydrogens (tertiary/aromatic N) is 6. The van der Waals surface area contributed by atoms with Crippen LogP contribution in [0.1, 0.15) is 11.3 Å². The lowest BCUT2D eigenvalue weighted by Crippen LogP contribution is -2.35. The highest BCUT2D eigenvalue weighted by Gasteiger charge is 2.69. The molecule has 5 heterocycles. The van der Waals surface area contributed by atoms with Gasteiger partial charge in [-0.25, -0.2) is 13.9 Å². The predicted molar refractivity (Wildman–Crippen MR) is 121 cm³/mol. The number of hydrogen-bond acceptors (Lipinski definition) is 7. The molecule has 170 valence electrons. The van der Waals surface area contributed by atoms with Crippen LogP contribution in [0.25, 0.3) is 11.1 Å². The van der Waals surface area contributed by atoms with Gasteiger partial charge < -0.3 is 4.74 Å². The number of carbonyl (C=O) groups is 1. The first-order valence-corrected chi connectivity index (χ1v) is 12.4. The van der Waals surface area contributed by atoms with Gasteiger partial charge in [-0.1, -0.05) is 11.3 Å². The van der Waals surface area contributed by atoms with Crippen molar-refractivity contribution in [3.8, 4) is 17.2 Å². The standard InChI is InChI=1S/C24H19FN6O2S/c25-18-7-19-14(6-20-21(33-23(32)31(19)20)9-30-4-3-28-29-30)5-15(18)13-1-2-22(27-8-13)24(12-26)16-10-34-11-17(16)24/h1-5,7-8,16-17,20-21H,6,9-11H2/t16-,17+,20-,21-,24+/m0/s1. The van der Waals surface area contributed by atoms with Crippen molar-refractivity contribution >= 4 is 23.5 Å². The van der Waals surface area contributed by atoms with Crippen LogP contribution in [0, 0.1) is 29.0 Å². The van der Waals surface area contributed by atoms with Gasteiger partial charge in [-0.15, -0.1) is 5.10 Å². The molecule has 10 heteroatoms. The molecule has 4 aliphatic rings. The van der Waals surface area contributed by atoms with Crippen LogP contribution in [0.3, 0.4) is 0 Å². The van der Waals surface area contributed by atoms with Crippen molar-refractivity contribution in [3.63, 3.8) is 0 Å². The fourth-order valence-corrected chi connectivity index (χ4v) is 7.57. The van der Waals surface area contributed by atoms with Crippen molar-refractivity contribution < 1.29 is 13.9 Å². The van der Waals surface area contributed by atoms with E-state index in [-0.39, 0.29) is 6.04 Å². The van der Waals surface area contributed by atoms with Crippen LogP contribution in [0.2, 0.25) is 0 Å². The molecule has 1 saturated carbocycles. The number of pyridine rings is 1. The number of carbonyl (C=O) groups excluding carboxylic acids is 1. The Morgan fingerprint density at radius 2 is 2.15 bits per heavy atom. The second-order valence-electron chi connectivity index (χ2n) is 9.31. The van der Waals surface area contributed by atoms with Crippen molar-refractivity contribution in [1.82, 2.24) is 20.0 Å². The highest BCUT2D eigenvalue weighted by Crippen LogP contribution is 2.65. The van der Waals surface area contributed by atoms with Crippen LogP contribution in [-0.4, -0.2) is 49.7 Å². The van der Waals surface area contributed by atoms with Crippen LogP contribution in [0.4, 0.5) is 14.9 Å². The van der Waals surface area contributed by atoms with E-state index in [4.69, 9.17) is 4.74 Å². The van der Waals surface area contributed by atoms with Crippen molar-refractivity contribution in [2.75, 3.05) is 16.4 Å². The molecule has 3 aromatic rings. The average molecular weight is 475 g/mol. The molecule has 2 saturated heterocycles. The molecule has 0 N–H and O–H groups in total. The maximum absolute atomic E-state index is 15.2. The minimum atomic E-state index is -0.482. The largest absolute Gasteiger partial charge is 0.442 e. The number of hydrogen-bond donors (Lipinski definition) is 0. The van der Waals surface area contributed by atoms with Gasteiger partial charge in [-0.2, -0.15) is 17.0 Å². The van der Waals surface area contributed by atoms with Crippen LogP contribution in [0.15, 0.2) is 42.9 Å². The second kappa shape index (κ2) is 7.03. The van der Waals surface area contributed by atoms with Gasteiger partial charge in [0.2, 0.25) is 0 Å².